The molecule has 17 nitrogen and oxygen atoms in total. The minimum absolute atomic E-state index is 0.0842. The average molecular weight is 746 g/mol. The van der Waals surface area contributed by atoms with Crippen molar-refractivity contribution >= 4 is 58.5 Å². The molecule has 54 heavy (non-hydrogen) atoms. The van der Waals surface area contributed by atoms with Crippen molar-refractivity contribution in [3.05, 3.63) is 42.7 Å². The zero-order chi connectivity index (χ0) is 39.1. The van der Waals surface area contributed by atoms with E-state index in [1.165, 1.54) is 24.0 Å². The molecule has 6 amide bonds. The van der Waals surface area contributed by atoms with Crippen LogP contribution in [0.3, 0.4) is 0 Å². The normalized spacial score (nSPS) is 17.9. The maximum Gasteiger partial charge on any atom is 0.407 e. The molecule has 17 heteroatoms. The van der Waals surface area contributed by atoms with E-state index in [4.69, 9.17) is 0 Å². The minimum Gasteiger partial charge on any atom is -0.453 e. The number of nitrogens with zero attached hydrogens (tertiary/aromatic N) is 5. The topological polar surface area (TPSA) is 214 Å². The summed E-state index contributed by atoms with van der Waals surface area (Å²) >= 11 is 0. The van der Waals surface area contributed by atoms with Gasteiger partial charge in [0.05, 0.1) is 19.7 Å². The molecule has 2 fully saturated rings. The first-order valence-corrected chi connectivity index (χ1v) is 18.0. The van der Waals surface area contributed by atoms with Crippen LogP contribution in [0.4, 0.5) is 21.4 Å². The molecule has 5 rings (SSSR count). The first-order chi connectivity index (χ1) is 25.8. The van der Waals surface area contributed by atoms with E-state index in [9.17, 15) is 28.8 Å². The van der Waals surface area contributed by atoms with Crippen molar-refractivity contribution in [1.29, 1.82) is 0 Å². The van der Waals surface area contributed by atoms with Crippen molar-refractivity contribution in [2.45, 2.75) is 77.5 Å². The quantitative estimate of drug-likeness (QED) is 0.223. The smallest absolute Gasteiger partial charge is 0.407 e. The third kappa shape index (κ3) is 9.01. The number of rotatable bonds is 11. The highest BCUT2D eigenvalue weighted by Crippen LogP contribution is 2.27. The lowest BCUT2D eigenvalue weighted by Crippen LogP contribution is -2.54. The highest BCUT2D eigenvalue weighted by Gasteiger charge is 2.40. The Labute approximate surface area is 312 Å². The lowest BCUT2D eigenvalue weighted by atomic mass is 10.0. The number of aromatic nitrogens is 3. The van der Waals surface area contributed by atoms with Gasteiger partial charge in [0.1, 0.15) is 30.0 Å². The van der Waals surface area contributed by atoms with Crippen LogP contribution < -0.4 is 21.3 Å². The van der Waals surface area contributed by atoms with Crippen LogP contribution in [-0.2, 0) is 28.7 Å². The number of alkyl carbamates (subject to hydrolysis) is 2. The van der Waals surface area contributed by atoms with Crippen LogP contribution in [0.15, 0.2) is 42.7 Å². The zero-order valence-electron chi connectivity index (χ0n) is 31.3. The molecule has 288 valence electrons. The Morgan fingerprint density at radius 3 is 1.72 bits per heavy atom. The van der Waals surface area contributed by atoms with E-state index in [1.807, 2.05) is 32.0 Å². The first kappa shape index (κ1) is 39.3. The van der Waals surface area contributed by atoms with Crippen molar-refractivity contribution in [3.63, 3.8) is 0 Å². The largest absolute Gasteiger partial charge is 0.453 e. The summed E-state index contributed by atoms with van der Waals surface area (Å²) in [6, 6.07) is 5.92. The van der Waals surface area contributed by atoms with Crippen LogP contribution >= 0.6 is 0 Å². The number of anilines is 2. The number of amides is 6. The van der Waals surface area contributed by atoms with Gasteiger partial charge >= 0.3 is 12.2 Å². The zero-order valence-corrected chi connectivity index (χ0v) is 31.3. The van der Waals surface area contributed by atoms with E-state index in [0.29, 0.717) is 55.7 Å². The lowest BCUT2D eigenvalue weighted by Gasteiger charge is -2.30. The van der Waals surface area contributed by atoms with Crippen molar-refractivity contribution in [3.8, 4) is 11.1 Å². The summed E-state index contributed by atoms with van der Waals surface area (Å²) in [5.74, 6) is -1.51. The summed E-state index contributed by atoms with van der Waals surface area (Å²) in [5, 5.41) is 11.5. The number of hydrogen-bond acceptors (Lipinski definition) is 11. The second-order valence-electron chi connectivity index (χ2n) is 14.0. The number of carbonyl (C=O) groups is 6. The van der Waals surface area contributed by atoms with Gasteiger partial charge in [-0.3, -0.25) is 24.5 Å². The average Bonchev–Trinajstić information content (AvgIpc) is 3.86. The monoisotopic (exact) mass is 745 g/mol. The summed E-state index contributed by atoms with van der Waals surface area (Å²) in [6.45, 7) is 8.00. The Morgan fingerprint density at radius 2 is 1.22 bits per heavy atom. The summed E-state index contributed by atoms with van der Waals surface area (Å²) in [4.78, 5) is 93.2. The number of likely N-dealkylation sites (tertiary alicyclic amines) is 2. The molecule has 2 saturated heterocycles. The molecule has 4 N–H and O–H groups in total. The minimum atomic E-state index is -0.842. The third-order valence-corrected chi connectivity index (χ3v) is 9.62. The van der Waals surface area contributed by atoms with Gasteiger partial charge in [0.15, 0.2) is 0 Å². The molecule has 0 unspecified atom stereocenters. The molecule has 0 spiro atoms. The molecular formula is C37H47N9O8. The van der Waals surface area contributed by atoms with Gasteiger partial charge in [-0.1, -0.05) is 33.8 Å². The number of hydrogen-bond donors (Lipinski definition) is 4. The van der Waals surface area contributed by atoms with E-state index in [1.54, 1.807) is 38.4 Å². The maximum atomic E-state index is 13.4. The molecule has 0 radical (unpaired) electrons. The fourth-order valence-corrected chi connectivity index (χ4v) is 6.68. The van der Waals surface area contributed by atoms with Crippen molar-refractivity contribution in [1.82, 2.24) is 35.4 Å². The van der Waals surface area contributed by atoms with E-state index >= 15 is 0 Å². The number of ether oxygens (including phenoxy) is 2. The first-order valence-electron chi connectivity index (χ1n) is 18.0. The number of benzene rings is 1. The van der Waals surface area contributed by atoms with Crippen LogP contribution in [0.25, 0.3) is 22.0 Å². The molecular weight excluding hydrogens is 698 g/mol. The molecule has 0 bridgehead atoms. The summed E-state index contributed by atoms with van der Waals surface area (Å²) in [6.07, 6.45) is 3.95. The Balaban J connectivity index is 1.21. The van der Waals surface area contributed by atoms with Gasteiger partial charge in [0.2, 0.25) is 29.6 Å². The highest BCUT2D eigenvalue weighted by molar-refractivity contribution is 5.99. The van der Waals surface area contributed by atoms with E-state index < -0.39 is 42.3 Å². The van der Waals surface area contributed by atoms with Crippen molar-refractivity contribution in [2.24, 2.45) is 11.8 Å². The second-order valence-corrected chi connectivity index (χ2v) is 14.0. The van der Waals surface area contributed by atoms with Gasteiger partial charge in [0.25, 0.3) is 0 Å². The summed E-state index contributed by atoms with van der Waals surface area (Å²) in [7, 11) is 2.45. The second kappa shape index (κ2) is 17.3. The van der Waals surface area contributed by atoms with E-state index in [0.717, 1.165) is 10.9 Å². The molecule has 0 saturated carbocycles. The summed E-state index contributed by atoms with van der Waals surface area (Å²) < 4.78 is 9.35. The van der Waals surface area contributed by atoms with E-state index in [2.05, 4.69) is 45.7 Å². The molecule has 3 aromatic rings. The fourth-order valence-electron chi connectivity index (χ4n) is 6.68. The Kier molecular flexibility index (Phi) is 12.6. The van der Waals surface area contributed by atoms with Gasteiger partial charge in [-0.15, -0.1) is 0 Å². The molecule has 2 aromatic heterocycles. The fraction of sp³-hybridized carbons (Fsp3) is 0.486. The SMILES string of the molecule is COC(=O)N[C@H](C(=O)N1CCC[C@H]1C(=O)Nc1ccc2cc(-c3cnc(NC(=O)[C@@H]4CCCN4C(=O)[C@@H](NC(=O)OC)C(C)C)nc3)ccc2n1)C(C)C. The number of fused-ring (bicyclic) bond motifs is 1. The van der Waals surface area contributed by atoms with Crippen LogP contribution in [-0.4, -0.2) is 112 Å². The standard InChI is InChI=1S/C37H47N9O8/c1-20(2)29(42-36(51)53-5)33(49)45-15-7-9-26(45)31(47)41-28-14-12-23-17-22(11-13-25(23)40-28)24-18-38-35(39-19-24)44-32(48)27-10-8-16-46(27)34(50)30(21(3)4)43-37(52)54-6/h11-14,17-21,26-27,29-30H,7-10,15-16H2,1-6H3,(H,42,51)(H,43,52)(H,40,41,47)(H,38,39,44,48)/t26-,27-,29-,30-/m0/s1. The van der Waals surface area contributed by atoms with Crippen LogP contribution in [0.5, 0.6) is 0 Å². The number of carbonyl (C=O) groups excluding carboxylic acids is 6. The van der Waals surface area contributed by atoms with Gasteiger partial charge in [-0.05, 0) is 67.3 Å². The van der Waals surface area contributed by atoms with Crippen LogP contribution in [0, 0.1) is 11.8 Å². The molecule has 4 heterocycles. The number of pyridine rings is 1. The highest BCUT2D eigenvalue weighted by atomic mass is 16.5. The Bertz CT molecular complexity index is 1890. The Morgan fingerprint density at radius 1 is 0.704 bits per heavy atom. The molecule has 2 aliphatic rings. The predicted octanol–water partition coefficient (Wildman–Crippen LogP) is 3.31. The third-order valence-electron chi connectivity index (χ3n) is 9.62. The van der Waals surface area contributed by atoms with E-state index in [-0.39, 0.29) is 35.5 Å². The Hall–Kier alpha value is -5.87. The van der Waals surface area contributed by atoms with Crippen molar-refractivity contribution < 1.29 is 38.2 Å². The lowest BCUT2D eigenvalue weighted by molar-refractivity contribution is -0.139. The van der Waals surface area contributed by atoms with Gasteiger partial charge in [-0.25, -0.2) is 24.5 Å². The van der Waals surface area contributed by atoms with Crippen LogP contribution in [0.1, 0.15) is 53.4 Å². The summed E-state index contributed by atoms with van der Waals surface area (Å²) in [5.41, 5.74) is 2.11. The van der Waals surface area contributed by atoms with Gasteiger partial charge in [0, 0.05) is 36.4 Å². The van der Waals surface area contributed by atoms with Gasteiger partial charge in [-0.2, -0.15) is 0 Å². The number of nitrogens with one attached hydrogen (secondary N) is 4. The van der Waals surface area contributed by atoms with Gasteiger partial charge < -0.3 is 35.2 Å². The maximum absolute atomic E-state index is 13.4. The molecule has 0 aliphatic carbocycles. The van der Waals surface area contributed by atoms with Crippen LogP contribution in [0.2, 0.25) is 0 Å². The molecule has 2 aliphatic heterocycles. The van der Waals surface area contributed by atoms with Crippen molar-refractivity contribution in [2.75, 3.05) is 37.9 Å². The molecule has 1 aromatic carbocycles. The number of methoxy groups -OCH3 is 2. The molecule has 4 atom stereocenters. The predicted molar refractivity (Wildman–Crippen MR) is 198 cm³/mol.